The van der Waals surface area contributed by atoms with Crippen LogP contribution in [0.2, 0.25) is 0 Å². The summed E-state index contributed by atoms with van der Waals surface area (Å²) in [6, 6.07) is 2.24. The van der Waals surface area contributed by atoms with Crippen LogP contribution in [-0.4, -0.2) is 42.0 Å². The molecule has 2 atom stereocenters. The van der Waals surface area contributed by atoms with Gasteiger partial charge in [-0.1, -0.05) is 0 Å². The molecule has 0 saturated carbocycles. The Hall–Kier alpha value is -1.33. The molecule has 2 unspecified atom stereocenters. The second kappa shape index (κ2) is 4.89. The Balaban J connectivity index is 2.21. The molecule has 0 spiro atoms. The van der Waals surface area contributed by atoms with Crippen molar-refractivity contribution in [2.24, 2.45) is 0 Å². The number of nitrogens with two attached hydrogens (primary N) is 1. The van der Waals surface area contributed by atoms with E-state index >= 15 is 0 Å². The highest BCUT2D eigenvalue weighted by molar-refractivity contribution is 5.52. The fraction of sp³-hybridized carbons (Fsp3) is 0.583. The van der Waals surface area contributed by atoms with Gasteiger partial charge in [-0.15, -0.1) is 0 Å². The predicted octanol–water partition coefficient (Wildman–Crippen LogP) is 0.558. The van der Waals surface area contributed by atoms with Gasteiger partial charge < -0.3 is 20.5 Å². The van der Waals surface area contributed by atoms with Crippen molar-refractivity contribution in [3.05, 3.63) is 17.8 Å². The second-order valence-corrected chi connectivity index (χ2v) is 4.54. The predicted molar refractivity (Wildman–Crippen MR) is 67.0 cm³/mol. The first-order valence-electron chi connectivity index (χ1n) is 5.83. The monoisotopic (exact) mass is 237 g/mol. The Bertz CT molecular complexity index is 397. The van der Waals surface area contributed by atoms with Crippen LogP contribution in [-0.2, 0) is 4.74 Å². The van der Waals surface area contributed by atoms with Crippen LogP contribution in [0.3, 0.4) is 0 Å². The third kappa shape index (κ3) is 2.50. The molecular weight excluding hydrogens is 218 g/mol. The molecule has 2 heterocycles. The van der Waals surface area contributed by atoms with Crippen LogP contribution < -0.4 is 10.6 Å². The number of aromatic nitrogens is 1. The van der Waals surface area contributed by atoms with Crippen LogP contribution in [0, 0.1) is 6.92 Å². The number of rotatable bonds is 2. The summed E-state index contributed by atoms with van der Waals surface area (Å²) < 4.78 is 5.50. The Labute approximate surface area is 101 Å². The molecule has 1 aromatic heterocycles. The zero-order chi connectivity index (χ0) is 12.4. The number of nitrogens with zero attached hydrogens (tertiary/aromatic N) is 2. The summed E-state index contributed by atoms with van der Waals surface area (Å²) in [4.78, 5) is 6.50. The summed E-state index contributed by atoms with van der Waals surface area (Å²) in [5, 5.41) is 9.15. The molecule has 1 fully saturated rings. The van der Waals surface area contributed by atoms with E-state index < -0.39 is 0 Å². The van der Waals surface area contributed by atoms with Crippen molar-refractivity contribution in [3.8, 4) is 0 Å². The lowest BCUT2D eigenvalue weighted by Crippen LogP contribution is -2.50. The molecule has 0 amide bonds. The van der Waals surface area contributed by atoms with Crippen molar-refractivity contribution in [1.82, 2.24) is 4.98 Å². The largest absolute Gasteiger partial charge is 0.397 e. The highest BCUT2D eigenvalue weighted by Gasteiger charge is 2.26. The molecule has 5 nitrogen and oxygen atoms in total. The average molecular weight is 237 g/mol. The summed E-state index contributed by atoms with van der Waals surface area (Å²) >= 11 is 0. The molecule has 0 aromatic carbocycles. The van der Waals surface area contributed by atoms with E-state index in [1.165, 1.54) is 0 Å². The van der Waals surface area contributed by atoms with Crippen LogP contribution in [0.5, 0.6) is 0 Å². The van der Waals surface area contributed by atoms with E-state index in [2.05, 4.69) is 16.8 Å². The highest BCUT2D eigenvalue weighted by Crippen LogP contribution is 2.22. The van der Waals surface area contributed by atoms with Crippen molar-refractivity contribution in [2.75, 3.05) is 30.4 Å². The summed E-state index contributed by atoms with van der Waals surface area (Å²) in [5.74, 6) is 0.894. The molecule has 2 rings (SSSR count). The Morgan fingerprint density at radius 1 is 1.65 bits per heavy atom. The first-order valence-corrected chi connectivity index (χ1v) is 5.83. The van der Waals surface area contributed by atoms with E-state index in [4.69, 9.17) is 15.6 Å². The zero-order valence-electron chi connectivity index (χ0n) is 10.3. The van der Waals surface area contributed by atoms with Crippen LogP contribution in [0.4, 0.5) is 11.5 Å². The summed E-state index contributed by atoms with van der Waals surface area (Å²) in [5.41, 5.74) is 7.49. The second-order valence-electron chi connectivity index (χ2n) is 4.54. The number of aryl methyl sites for hydroxylation is 1. The van der Waals surface area contributed by atoms with Gasteiger partial charge in [0.05, 0.1) is 37.2 Å². The topological polar surface area (TPSA) is 71.6 Å². The maximum absolute atomic E-state index is 9.15. The molecule has 1 aromatic rings. The van der Waals surface area contributed by atoms with Gasteiger partial charge in [-0.05, 0) is 25.5 Å². The summed E-state index contributed by atoms with van der Waals surface area (Å²) in [6.07, 6.45) is 1.55. The molecule has 0 bridgehead atoms. The van der Waals surface area contributed by atoms with Gasteiger partial charge in [0.2, 0.25) is 0 Å². The molecule has 3 N–H and O–H groups in total. The lowest BCUT2D eigenvalue weighted by atomic mass is 10.1. The van der Waals surface area contributed by atoms with Crippen molar-refractivity contribution in [2.45, 2.75) is 26.0 Å². The van der Waals surface area contributed by atoms with E-state index in [1.54, 1.807) is 6.20 Å². The van der Waals surface area contributed by atoms with Crippen molar-refractivity contribution in [1.29, 1.82) is 0 Å². The third-order valence-corrected chi connectivity index (χ3v) is 3.14. The van der Waals surface area contributed by atoms with E-state index in [0.717, 1.165) is 11.4 Å². The number of ether oxygens (including phenoxy) is 1. The van der Waals surface area contributed by atoms with Crippen LogP contribution in [0.25, 0.3) is 0 Å². The van der Waals surface area contributed by atoms with E-state index in [0.29, 0.717) is 18.8 Å². The summed E-state index contributed by atoms with van der Waals surface area (Å²) in [7, 11) is 0. The van der Waals surface area contributed by atoms with Gasteiger partial charge >= 0.3 is 0 Å². The minimum absolute atomic E-state index is 0.0389. The standard InChI is InChI=1S/C12H19N3O2/c1-8-3-12(14-4-11(8)13)15-5-10(6-16)17-7-9(15)2/h3-4,9-10,16H,5-7,13H2,1-2H3. The molecule has 5 heteroatoms. The molecule has 1 aliphatic heterocycles. The third-order valence-electron chi connectivity index (χ3n) is 3.14. The van der Waals surface area contributed by atoms with Gasteiger partial charge in [-0.3, -0.25) is 0 Å². The molecule has 0 radical (unpaired) electrons. The van der Waals surface area contributed by atoms with Crippen molar-refractivity contribution < 1.29 is 9.84 Å². The number of nitrogen functional groups attached to an aromatic ring is 1. The van der Waals surface area contributed by atoms with Gasteiger partial charge in [-0.2, -0.15) is 0 Å². The quantitative estimate of drug-likeness (QED) is 0.786. The lowest BCUT2D eigenvalue weighted by molar-refractivity contribution is -0.0105. The Morgan fingerprint density at radius 2 is 2.41 bits per heavy atom. The maximum Gasteiger partial charge on any atom is 0.129 e. The van der Waals surface area contributed by atoms with Gasteiger partial charge in [0.1, 0.15) is 5.82 Å². The fourth-order valence-electron chi connectivity index (χ4n) is 1.96. The molecule has 1 aliphatic rings. The summed E-state index contributed by atoms with van der Waals surface area (Å²) in [6.45, 7) is 5.36. The molecule has 94 valence electrons. The van der Waals surface area contributed by atoms with Crippen LogP contribution >= 0.6 is 0 Å². The molecule has 1 saturated heterocycles. The van der Waals surface area contributed by atoms with E-state index in [1.807, 2.05) is 13.0 Å². The van der Waals surface area contributed by atoms with Crippen molar-refractivity contribution >= 4 is 11.5 Å². The van der Waals surface area contributed by atoms with Gasteiger partial charge in [-0.25, -0.2) is 4.98 Å². The normalized spacial score (nSPS) is 25.0. The molecule has 0 aliphatic carbocycles. The first kappa shape index (κ1) is 12.1. The Kier molecular flexibility index (Phi) is 3.49. The minimum atomic E-state index is -0.133. The first-order chi connectivity index (χ1) is 8.11. The maximum atomic E-state index is 9.15. The van der Waals surface area contributed by atoms with Crippen LogP contribution in [0.15, 0.2) is 12.3 Å². The number of morpholine rings is 1. The number of aliphatic hydroxyl groups excluding tert-OH is 1. The number of pyridine rings is 1. The van der Waals surface area contributed by atoms with E-state index in [-0.39, 0.29) is 18.8 Å². The van der Waals surface area contributed by atoms with Crippen molar-refractivity contribution in [3.63, 3.8) is 0 Å². The number of aliphatic hydroxyl groups is 1. The highest BCUT2D eigenvalue weighted by atomic mass is 16.5. The SMILES string of the molecule is Cc1cc(N2CC(CO)OCC2C)ncc1N. The molecular formula is C12H19N3O2. The van der Waals surface area contributed by atoms with Gasteiger partial charge in [0.15, 0.2) is 0 Å². The Morgan fingerprint density at radius 3 is 3.06 bits per heavy atom. The molecule has 17 heavy (non-hydrogen) atoms. The van der Waals surface area contributed by atoms with E-state index in [9.17, 15) is 0 Å². The number of hydrogen-bond donors (Lipinski definition) is 2. The number of hydrogen-bond acceptors (Lipinski definition) is 5. The van der Waals surface area contributed by atoms with Crippen LogP contribution in [0.1, 0.15) is 12.5 Å². The lowest BCUT2D eigenvalue weighted by Gasteiger charge is -2.38. The van der Waals surface area contributed by atoms with Gasteiger partial charge in [0, 0.05) is 6.54 Å². The van der Waals surface area contributed by atoms with Gasteiger partial charge in [0.25, 0.3) is 0 Å². The minimum Gasteiger partial charge on any atom is -0.397 e. The zero-order valence-corrected chi connectivity index (χ0v) is 10.3. The fourth-order valence-corrected chi connectivity index (χ4v) is 1.96. The smallest absolute Gasteiger partial charge is 0.129 e. The number of anilines is 2. The average Bonchev–Trinajstić information content (AvgIpc) is 2.33.